The molecule has 0 aliphatic rings. The molecule has 0 saturated heterocycles. The van der Waals surface area contributed by atoms with Gasteiger partial charge in [0.25, 0.3) is 5.91 Å². The Morgan fingerprint density at radius 3 is 2.81 bits per heavy atom. The van der Waals surface area contributed by atoms with E-state index in [2.05, 4.69) is 22.5 Å². The summed E-state index contributed by atoms with van der Waals surface area (Å²) in [4.78, 5) is 18.0. The molecule has 0 bridgehead atoms. The number of aromatic nitrogens is 1. The molecule has 4 nitrogen and oxygen atoms in total. The number of carbonyl (C=O) groups excluding carboxylic acids is 1. The van der Waals surface area contributed by atoms with Gasteiger partial charge in [-0.05, 0) is 38.0 Å². The van der Waals surface area contributed by atoms with Gasteiger partial charge in [-0.25, -0.2) is 4.98 Å². The molecule has 0 spiro atoms. The Kier molecular flexibility index (Phi) is 4.96. The highest BCUT2D eigenvalue weighted by molar-refractivity contribution is 7.11. The Balaban J connectivity index is 2.14. The molecule has 2 rings (SSSR count). The van der Waals surface area contributed by atoms with Gasteiger partial charge in [0.2, 0.25) is 0 Å². The Morgan fingerprint density at radius 2 is 2.19 bits per heavy atom. The number of carbonyl (C=O) groups is 1. The van der Waals surface area contributed by atoms with Gasteiger partial charge >= 0.3 is 0 Å². The first kappa shape index (κ1) is 15.5. The molecule has 1 amide bonds. The van der Waals surface area contributed by atoms with Gasteiger partial charge in [0, 0.05) is 23.8 Å². The third kappa shape index (κ3) is 3.61. The summed E-state index contributed by atoms with van der Waals surface area (Å²) in [7, 11) is 1.82. The van der Waals surface area contributed by atoms with Crippen LogP contribution in [0.3, 0.4) is 0 Å². The van der Waals surface area contributed by atoms with Crippen molar-refractivity contribution in [2.45, 2.75) is 33.2 Å². The third-order valence-electron chi connectivity index (χ3n) is 3.33. The summed E-state index contributed by atoms with van der Waals surface area (Å²) < 4.78 is 0. The van der Waals surface area contributed by atoms with Crippen LogP contribution in [0.25, 0.3) is 0 Å². The normalized spacial score (nSPS) is 12.0. The molecule has 0 aliphatic heterocycles. The number of thiazole rings is 1. The van der Waals surface area contributed by atoms with E-state index in [4.69, 9.17) is 0 Å². The van der Waals surface area contributed by atoms with Crippen LogP contribution < -0.4 is 10.6 Å². The lowest BCUT2D eigenvalue weighted by Gasteiger charge is -2.14. The van der Waals surface area contributed by atoms with Crippen molar-refractivity contribution in [3.8, 4) is 0 Å². The number of hydrogen-bond donors (Lipinski definition) is 2. The SMILES string of the molecule is CCc1cnc(C(C)NC(=O)c2ccc(C)cc2NC)s1. The molecule has 2 aromatic rings. The van der Waals surface area contributed by atoms with Crippen molar-refractivity contribution < 1.29 is 4.79 Å². The minimum absolute atomic E-state index is 0.0832. The maximum Gasteiger partial charge on any atom is 0.253 e. The summed E-state index contributed by atoms with van der Waals surface area (Å²) in [5, 5.41) is 7.03. The van der Waals surface area contributed by atoms with Gasteiger partial charge in [-0.1, -0.05) is 13.0 Å². The fourth-order valence-corrected chi connectivity index (χ4v) is 2.94. The average molecular weight is 303 g/mol. The van der Waals surface area contributed by atoms with E-state index in [-0.39, 0.29) is 11.9 Å². The van der Waals surface area contributed by atoms with E-state index in [1.807, 2.05) is 45.3 Å². The zero-order valence-electron chi connectivity index (χ0n) is 12.9. The maximum absolute atomic E-state index is 12.4. The van der Waals surface area contributed by atoms with Crippen molar-refractivity contribution in [2.24, 2.45) is 0 Å². The van der Waals surface area contributed by atoms with Gasteiger partial charge in [0.05, 0.1) is 11.6 Å². The first-order valence-electron chi connectivity index (χ1n) is 7.09. The summed E-state index contributed by atoms with van der Waals surface area (Å²) in [6, 6.07) is 5.67. The second kappa shape index (κ2) is 6.72. The molecule has 2 N–H and O–H groups in total. The number of amides is 1. The van der Waals surface area contributed by atoms with Crippen LogP contribution in [0.4, 0.5) is 5.69 Å². The monoisotopic (exact) mass is 303 g/mol. The lowest BCUT2D eigenvalue weighted by atomic mass is 10.1. The average Bonchev–Trinajstić information content (AvgIpc) is 2.95. The van der Waals surface area contributed by atoms with Gasteiger partial charge in [0.1, 0.15) is 5.01 Å². The van der Waals surface area contributed by atoms with Gasteiger partial charge in [-0.3, -0.25) is 4.79 Å². The molecule has 1 aromatic heterocycles. The number of benzene rings is 1. The van der Waals surface area contributed by atoms with Crippen LogP contribution in [0.2, 0.25) is 0 Å². The summed E-state index contributed by atoms with van der Waals surface area (Å²) >= 11 is 1.65. The third-order valence-corrected chi connectivity index (χ3v) is 4.65. The highest BCUT2D eigenvalue weighted by Gasteiger charge is 2.16. The van der Waals surface area contributed by atoms with Crippen LogP contribution in [0.15, 0.2) is 24.4 Å². The summed E-state index contributed by atoms with van der Waals surface area (Å²) in [6.45, 7) is 6.07. The quantitative estimate of drug-likeness (QED) is 0.888. The molecule has 1 aromatic carbocycles. The highest BCUT2D eigenvalue weighted by Crippen LogP contribution is 2.22. The van der Waals surface area contributed by atoms with E-state index in [0.717, 1.165) is 22.7 Å². The highest BCUT2D eigenvalue weighted by atomic mass is 32.1. The second-order valence-electron chi connectivity index (χ2n) is 5.01. The van der Waals surface area contributed by atoms with Gasteiger partial charge < -0.3 is 10.6 Å². The molecular weight excluding hydrogens is 282 g/mol. The maximum atomic E-state index is 12.4. The number of anilines is 1. The van der Waals surface area contributed by atoms with E-state index in [1.165, 1.54) is 4.88 Å². The van der Waals surface area contributed by atoms with Crippen molar-refractivity contribution in [2.75, 3.05) is 12.4 Å². The number of nitrogens with zero attached hydrogens (tertiary/aromatic N) is 1. The molecule has 21 heavy (non-hydrogen) atoms. The molecule has 0 fully saturated rings. The fourth-order valence-electron chi connectivity index (χ4n) is 2.09. The van der Waals surface area contributed by atoms with Crippen molar-refractivity contribution in [1.82, 2.24) is 10.3 Å². The molecular formula is C16H21N3OS. The Bertz CT molecular complexity index is 636. The first-order chi connectivity index (χ1) is 10.0. The molecule has 112 valence electrons. The smallest absolute Gasteiger partial charge is 0.253 e. The van der Waals surface area contributed by atoms with E-state index < -0.39 is 0 Å². The Labute approximate surface area is 129 Å². The number of hydrogen-bond acceptors (Lipinski definition) is 4. The van der Waals surface area contributed by atoms with E-state index in [9.17, 15) is 4.79 Å². The number of aryl methyl sites for hydroxylation is 2. The first-order valence-corrected chi connectivity index (χ1v) is 7.90. The predicted octanol–water partition coefficient (Wildman–Crippen LogP) is 3.55. The lowest BCUT2D eigenvalue weighted by molar-refractivity contribution is 0.0940. The van der Waals surface area contributed by atoms with Crippen molar-refractivity contribution >= 4 is 22.9 Å². The zero-order chi connectivity index (χ0) is 15.4. The minimum atomic E-state index is -0.0891. The molecule has 0 radical (unpaired) electrons. The standard InChI is InChI=1S/C16H21N3OS/c1-5-12-9-18-16(21-12)11(3)19-15(20)13-7-6-10(2)8-14(13)17-4/h6-9,11,17H,5H2,1-4H3,(H,19,20). The number of rotatable bonds is 5. The number of nitrogens with one attached hydrogen (secondary N) is 2. The summed E-state index contributed by atoms with van der Waals surface area (Å²) in [6.07, 6.45) is 2.85. The van der Waals surface area contributed by atoms with Crippen LogP contribution in [-0.4, -0.2) is 17.9 Å². The predicted molar refractivity (Wildman–Crippen MR) is 88.1 cm³/mol. The topological polar surface area (TPSA) is 54.0 Å². The van der Waals surface area contributed by atoms with E-state index >= 15 is 0 Å². The molecule has 1 atom stereocenters. The van der Waals surface area contributed by atoms with Crippen molar-refractivity contribution in [3.63, 3.8) is 0 Å². The Hall–Kier alpha value is -1.88. The fraction of sp³-hybridized carbons (Fsp3) is 0.375. The molecule has 1 heterocycles. The van der Waals surface area contributed by atoms with Gasteiger partial charge in [-0.15, -0.1) is 11.3 Å². The lowest BCUT2D eigenvalue weighted by Crippen LogP contribution is -2.27. The van der Waals surface area contributed by atoms with Gasteiger partial charge in [-0.2, -0.15) is 0 Å². The van der Waals surface area contributed by atoms with Gasteiger partial charge in [0.15, 0.2) is 0 Å². The molecule has 1 unspecified atom stereocenters. The zero-order valence-corrected chi connectivity index (χ0v) is 13.7. The van der Waals surface area contributed by atoms with Crippen molar-refractivity contribution in [1.29, 1.82) is 0 Å². The summed E-state index contributed by atoms with van der Waals surface area (Å²) in [5.74, 6) is -0.0832. The van der Waals surface area contributed by atoms with Crippen LogP contribution in [-0.2, 0) is 6.42 Å². The molecule has 0 saturated carbocycles. The minimum Gasteiger partial charge on any atom is -0.387 e. The van der Waals surface area contributed by atoms with E-state index in [0.29, 0.717) is 5.56 Å². The van der Waals surface area contributed by atoms with Crippen LogP contribution >= 0.6 is 11.3 Å². The van der Waals surface area contributed by atoms with Crippen molar-refractivity contribution in [3.05, 3.63) is 45.4 Å². The van der Waals surface area contributed by atoms with Crippen LogP contribution in [0.5, 0.6) is 0 Å². The second-order valence-corrected chi connectivity index (χ2v) is 6.16. The summed E-state index contributed by atoms with van der Waals surface area (Å²) in [5.41, 5.74) is 2.62. The van der Waals surface area contributed by atoms with E-state index in [1.54, 1.807) is 11.3 Å². The molecule has 0 aliphatic carbocycles. The van der Waals surface area contributed by atoms with Crippen LogP contribution in [0, 0.1) is 6.92 Å². The largest absolute Gasteiger partial charge is 0.387 e. The van der Waals surface area contributed by atoms with Crippen LogP contribution in [0.1, 0.15) is 45.7 Å². The molecule has 5 heteroatoms. The Morgan fingerprint density at radius 1 is 1.43 bits per heavy atom.